The number of halogens is 1. The number of ether oxygens (including phenoxy) is 2. The summed E-state index contributed by atoms with van der Waals surface area (Å²) >= 11 is 6.08. The van der Waals surface area contributed by atoms with Crippen molar-refractivity contribution in [2.45, 2.75) is 13.3 Å². The molecule has 118 valence electrons. The zero-order chi connectivity index (χ0) is 16.3. The quantitative estimate of drug-likeness (QED) is 0.681. The molecule has 0 unspecified atom stereocenters. The van der Waals surface area contributed by atoms with Crippen LogP contribution in [0.25, 0.3) is 0 Å². The smallest absolute Gasteiger partial charge is 0.316 e. The number of carbonyl (C=O) groups is 2. The summed E-state index contributed by atoms with van der Waals surface area (Å²) in [6.45, 7) is 1.86. The summed E-state index contributed by atoms with van der Waals surface area (Å²) in [5, 5.41) is 3.64. The van der Waals surface area contributed by atoms with Crippen LogP contribution in [0.4, 0.5) is 5.69 Å². The van der Waals surface area contributed by atoms with E-state index in [0.717, 1.165) is 11.4 Å². The molecule has 6 heteroatoms. The fourth-order valence-corrected chi connectivity index (χ4v) is 2.82. The van der Waals surface area contributed by atoms with E-state index in [1.54, 1.807) is 19.2 Å². The van der Waals surface area contributed by atoms with Crippen LogP contribution in [0, 0.1) is 11.8 Å². The zero-order valence-corrected chi connectivity index (χ0v) is 13.4. The maximum Gasteiger partial charge on any atom is 0.316 e. The van der Waals surface area contributed by atoms with Crippen LogP contribution < -0.4 is 10.1 Å². The van der Waals surface area contributed by atoms with Gasteiger partial charge in [0.05, 0.1) is 19.2 Å². The van der Waals surface area contributed by atoms with Gasteiger partial charge >= 0.3 is 5.97 Å². The monoisotopic (exact) mass is 323 g/mol. The highest BCUT2D eigenvalue weighted by Gasteiger charge is 2.35. The van der Waals surface area contributed by atoms with E-state index in [9.17, 15) is 9.59 Å². The van der Waals surface area contributed by atoms with E-state index in [4.69, 9.17) is 16.3 Å². The summed E-state index contributed by atoms with van der Waals surface area (Å²) in [4.78, 5) is 23.8. The third-order valence-electron chi connectivity index (χ3n) is 3.65. The Balaban J connectivity index is 2.16. The molecular weight excluding hydrogens is 306 g/mol. The minimum Gasteiger partial charge on any atom is -0.495 e. The SMILES string of the molecule is COC(=O)[C@@H]1C(=O)C=C(Nc2ccc(OC)c(Cl)c2)C[C@H]1C. The molecule has 1 aliphatic rings. The van der Waals surface area contributed by atoms with Crippen LogP contribution in [0.3, 0.4) is 0 Å². The summed E-state index contributed by atoms with van der Waals surface area (Å²) in [5.74, 6) is -0.996. The van der Waals surface area contributed by atoms with Crippen molar-refractivity contribution in [3.8, 4) is 5.75 Å². The van der Waals surface area contributed by atoms with E-state index < -0.39 is 11.9 Å². The van der Waals surface area contributed by atoms with E-state index in [-0.39, 0.29) is 11.7 Å². The highest BCUT2D eigenvalue weighted by molar-refractivity contribution is 6.32. The molecule has 22 heavy (non-hydrogen) atoms. The fourth-order valence-electron chi connectivity index (χ4n) is 2.56. The number of carbonyl (C=O) groups excluding carboxylic acids is 2. The van der Waals surface area contributed by atoms with Gasteiger partial charge in [0, 0.05) is 17.5 Å². The Kier molecular flexibility index (Phi) is 5.08. The Morgan fingerprint density at radius 3 is 2.64 bits per heavy atom. The number of rotatable bonds is 4. The van der Waals surface area contributed by atoms with Gasteiger partial charge in [-0.3, -0.25) is 9.59 Å². The van der Waals surface area contributed by atoms with E-state index in [2.05, 4.69) is 10.1 Å². The first-order valence-electron chi connectivity index (χ1n) is 6.89. The predicted molar refractivity (Wildman–Crippen MR) is 84.0 cm³/mol. The molecule has 0 radical (unpaired) electrons. The minimum atomic E-state index is -0.727. The maximum absolute atomic E-state index is 12.1. The van der Waals surface area contributed by atoms with Gasteiger partial charge in [-0.25, -0.2) is 0 Å². The molecule has 0 saturated heterocycles. The molecule has 1 aromatic carbocycles. The van der Waals surface area contributed by atoms with Crippen molar-refractivity contribution in [2.24, 2.45) is 11.8 Å². The molecule has 0 fully saturated rings. The lowest BCUT2D eigenvalue weighted by Gasteiger charge is -2.26. The van der Waals surface area contributed by atoms with Crippen molar-refractivity contribution in [3.05, 3.63) is 35.0 Å². The highest BCUT2D eigenvalue weighted by atomic mass is 35.5. The fraction of sp³-hybridized carbons (Fsp3) is 0.375. The van der Waals surface area contributed by atoms with Gasteiger partial charge in [-0.05, 0) is 30.5 Å². The molecule has 2 atom stereocenters. The van der Waals surface area contributed by atoms with Gasteiger partial charge in [0.15, 0.2) is 5.78 Å². The van der Waals surface area contributed by atoms with Gasteiger partial charge < -0.3 is 14.8 Å². The molecule has 0 amide bonds. The third-order valence-corrected chi connectivity index (χ3v) is 3.94. The lowest BCUT2D eigenvalue weighted by Crippen LogP contribution is -2.34. The number of methoxy groups -OCH3 is 2. The molecule has 1 aromatic rings. The average molecular weight is 324 g/mol. The first-order chi connectivity index (χ1) is 10.5. The zero-order valence-electron chi connectivity index (χ0n) is 12.7. The molecule has 0 spiro atoms. The standard InChI is InChI=1S/C16H18ClNO4/c1-9-6-11(8-13(19)15(9)16(20)22-3)18-10-4-5-14(21-2)12(17)7-10/h4-5,7-9,15,18H,6H2,1-3H3/t9-,15+/m1/s1. The number of hydrogen-bond donors (Lipinski definition) is 1. The van der Waals surface area contributed by atoms with Crippen molar-refractivity contribution in [1.29, 1.82) is 0 Å². The Hall–Kier alpha value is -2.01. The molecule has 0 aromatic heterocycles. The van der Waals surface area contributed by atoms with E-state index in [1.807, 2.05) is 13.0 Å². The van der Waals surface area contributed by atoms with E-state index in [1.165, 1.54) is 13.2 Å². The molecule has 1 aliphatic carbocycles. The molecule has 0 bridgehead atoms. The Labute approximate surface area is 134 Å². The molecule has 5 nitrogen and oxygen atoms in total. The molecule has 0 aliphatic heterocycles. The second kappa shape index (κ2) is 6.83. The van der Waals surface area contributed by atoms with Crippen LogP contribution in [0.2, 0.25) is 5.02 Å². The average Bonchev–Trinajstić information content (AvgIpc) is 2.46. The highest BCUT2D eigenvalue weighted by Crippen LogP contribution is 2.31. The van der Waals surface area contributed by atoms with Crippen LogP contribution in [-0.4, -0.2) is 26.0 Å². The Morgan fingerprint density at radius 1 is 1.36 bits per heavy atom. The van der Waals surface area contributed by atoms with Crippen LogP contribution in [0.15, 0.2) is 30.0 Å². The Morgan fingerprint density at radius 2 is 2.09 bits per heavy atom. The molecule has 0 saturated carbocycles. The Bertz CT molecular complexity index is 627. The van der Waals surface area contributed by atoms with Crippen molar-refractivity contribution in [1.82, 2.24) is 0 Å². The minimum absolute atomic E-state index is 0.124. The van der Waals surface area contributed by atoms with E-state index in [0.29, 0.717) is 17.2 Å². The first kappa shape index (κ1) is 16.4. The van der Waals surface area contributed by atoms with E-state index >= 15 is 0 Å². The molecule has 0 heterocycles. The number of nitrogens with one attached hydrogen (secondary N) is 1. The number of esters is 1. The molecule has 1 N–H and O–H groups in total. The van der Waals surface area contributed by atoms with Crippen molar-refractivity contribution in [2.75, 3.05) is 19.5 Å². The summed E-state index contributed by atoms with van der Waals surface area (Å²) < 4.78 is 9.78. The van der Waals surface area contributed by atoms with Gasteiger partial charge in [-0.15, -0.1) is 0 Å². The lowest BCUT2D eigenvalue weighted by molar-refractivity contribution is -0.150. The van der Waals surface area contributed by atoms with Crippen LogP contribution in [0.5, 0.6) is 5.75 Å². The number of anilines is 1. The van der Waals surface area contributed by atoms with Crippen LogP contribution in [-0.2, 0) is 14.3 Å². The largest absolute Gasteiger partial charge is 0.495 e. The number of benzene rings is 1. The van der Waals surface area contributed by atoms with Crippen LogP contribution >= 0.6 is 11.6 Å². The van der Waals surface area contributed by atoms with Gasteiger partial charge in [-0.2, -0.15) is 0 Å². The van der Waals surface area contributed by atoms with Gasteiger partial charge in [-0.1, -0.05) is 18.5 Å². The maximum atomic E-state index is 12.1. The summed E-state index contributed by atoms with van der Waals surface area (Å²) in [5.41, 5.74) is 1.51. The number of ketones is 1. The second-order valence-electron chi connectivity index (χ2n) is 5.23. The molecule has 2 rings (SSSR count). The lowest BCUT2D eigenvalue weighted by atomic mass is 9.82. The third kappa shape index (κ3) is 3.42. The summed E-state index contributed by atoms with van der Waals surface area (Å²) in [6, 6.07) is 5.28. The van der Waals surface area contributed by atoms with Gasteiger partial charge in [0.1, 0.15) is 11.7 Å². The summed E-state index contributed by atoms with van der Waals surface area (Å²) in [6.07, 6.45) is 2.04. The predicted octanol–water partition coefficient (Wildman–Crippen LogP) is 3.04. The number of allylic oxidation sites excluding steroid dienone is 2. The second-order valence-corrected chi connectivity index (χ2v) is 5.64. The van der Waals surface area contributed by atoms with Crippen molar-refractivity contribution in [3.63, 3.8) is 0 Å². The van der Waals surface area contributed by atoms with Gasteiger partial charge in [0.2, 0.25) is 0 Å². The first-order valence-corrected chi connectivity index (χ1v) is 7.27. The van der Waals surface area contributed by atoms with Crippen molar-refractivity contribution >= 4 is 29.0 Å². The van der Waals surface area contributed by atoms with Crippen LogP contribution in [0.1, 0.15) is 13.3 Å². The topological polar surface area (TPSA) is 64.6 Å². The normalized spacial score (nSPS) is 21.1. The van der Waals surface area contributed by atoms with Crippen molar-refractivity contribution < 1.29 is 19.1 Å². The summed E-state index contributed by atoms with van der Waals surface area (Å²) in [7, 11) is 2.84. The molecular formula is C16H18ClNO4. The van der Waals surface area contributed by atoms with Gasteiger partial charge in [0.25, 0.3) is 0 Å². The number of hydrogen-bond acceptors (Lipinski definition) is 5.